The van der Waals surface area contributed by atoms with Crippen molar-refractivity contribution in [2.45, 2.75) is 19.9 Å². The van der Waals surface area contributed by atoms with E-state index in [2.05, 4.69) is 5.32 Å². The van der Waals surface area contributed by atoms with Crippen LogP contribution in [0.25, 0.3) is 0 Å². The fourth-order valence-electron chi connectivity index (χ4n) is 1.78. The van der Waals surface area contributed by atoms with Crippen LogP contribution < -0.4 is 14.8 Å². The van der Waals surface area contributed by atoms with Gasteiger partial charge in [-0.1, -0.05) is 19.1 Å². The molecular formula is C14H23NO4S. The van der Waals surface area contributed by atoms with Crippen LogP contribution in [0.3, 0.4) is 0 Å². The fraction of sp³-hybridized carbons (Fsp3) is 0.571. The van der Waals surface area contributed by atoms with Gasteiger partial charge in [-0.25, -0.2) is 8.42 Å². The van der Waals surface area contributed by atoms with Crippen LogP contribution in [0.15, 0.2) is 18.2 Å². The maximum Gasteiger partial charge on any atom is 0.165 e. The highest BCUT2D eigenvalue weighted by atomic mass is 32.2. The largest absolute Gasteiger partial charge is 0.493 e. The van der Waals surface area contributed by atoms with Crippen molar-refractivity contribution < 1.29 is 17.9 Å². The minimum atomic E-state index is -2.94. The Kier molecular flexibility index (Phi) is 6.81. The molecule has 114 valence electrons. The summed E-state index contributed by atoms with van der Waals surface area (Å²) in [7, 11) is -1.35. The van der Waals surface area contributed by atoms with Gasteiger partial charge in [0.25, 0.3) is 0 Å². The molecule has 1 N–H and O–H groups in total. The summed E-state index contributed by atoms with van der Waals surface area (Å²) >= 11 is 0. The Morgan fingerprint density at radius 2 is 2.05 bits per heavy atom. The van der Waals surface area contributed by atoms with Gasteiger partial charge < -0.3 is 14.8 Å². The molecule has 0 atom stereocenters. The van der Waals surface area contributed by atoms with Gasteiger partial charge in [-0.2, -0.15) is 0 Å². The quantitative estimate of drug-likeness (QED) is 0.702. The van der Waals surface area contributed by atoms with E-state index >= 15 is 0 Å². The zero-order valence-electron chi connectivity index (χ0n) is 12.3. The van der Waals surface area contributed by atoms with Crippen molar-refractivity contribution in [2.75, 3.05) is 32.3 Å². The lowest BCUT2D eigenvalue weighted by Gasteiger charge is -2.15. The van der Waals surface area contributed by atoms with Gasteiger partial charge in [-0.05, 0) is 19.0 Å². The second-order valence-corrected chi connectivity index (χ2v) is 6.82. The van der Waals surface area contributed by atoms with Crippen molar-refractivity contribution in [3.8, 4) is 11.5 Å². The average molecular weight is 301 g/mol. The smallest absolute Gasteiger partial charge is 0.165 e. The topological polar surface area (TPSA) is 64.6 Å². The SMILES string of the molecule is CCNCc1cccc(OC)c1OCCCS(C)(=O)=O. The summed E-state index contributed by atoms with van der Waals surface area (Å²) in [6.45, 7) is 3.94. The average Bonchev–Trinajstić information content (AvgIpc) is 2.40. The van der Waals surface area contributed by atoms with E-state index in [0.717, 1.165) is 12.1 Å². The molecule has 0 unspecified atom stereocenters. The molecule has 0 aliphatic heterocycles. The molecule has 20 heavy (non-hydrogen) atoms. The van der Waals surface area contributed by atoms with E-state index in [9.17, 15) is 8.42 Å². The standard InChI is InChI=1S/C14H23NO4S/c1-4-15-11-12-7-5-8-13(18-2)14(12)19-9-6-10-20(3,16)17/h5,7-8,15H,4,6,9-11H2,1-3H3. The molecule has 1 aromatic rings. The zero-order chi connectivity index (χ0) is 15.0. The van der Waals surface area contributed by atoms with E-state index in [-0.39, 0.29) is 5.75 Å². The molecule has 0 spiro atoms. The van der Waals surface area contributed by atoms with Gasteiger partial charge in [0.2, 0.25) is 0 Å². The van der Waals surface area contributed by atoms with Crippen LogP contribution in [0.1, 0.15) is 18.9 Å². The summed E-state index contributed by atoms with van der Waals surface area (Å²) in [4.78, 5) is 0. The molecule has 0 aromatic heterocycles. The first-order valence-electron chi connectivity index (χ1n) is 6.65. The Bertz CT molecular complexity index is 514. The summed E-state index contributed by atoms with van der Waals surface area (Å²) in [6.07, 6.45) is 1.70. The molecule has 5 nitrogen and oxygen atoms in total. The van der Waals surface area contributed by atoms with E-state index in [0.29, 0.717) is 31.1 Å². The lowest BCUT2D eigenvalue weighted by Crippen LogP contribution is -2.14. The minimum absolute atomic E-state index is 0.130. The molecule has 0 radical (unpaired) electrons. The third-order valence-electron chi connectivity index (χ3n) is 2.75. The number of para-hydroxylation sites is 1. The van der Waals surface area contributed by atoms with Crippen LogP contribution in [0.5, 0.6) is 11.5 Å². The Labute approximate surface area is 121 Å². The molecule has 0 saturated carbocycles. The van der Waals surface area contributed by atoms with Crippen molar-refractivity contribution in [1.29, 1.82) is 0 Å². The Hall–Kier alpha value is -1.27. The highest BCUT2D eigenvalue weighted by Gasteiger charge is 2.10. The summed E-state index contributed by atoms with van der Waals surface area (Å²) in [5, 5.41) is 3.24. The molecule has 1 rings (SSSR count). The second-order valence-electron chi connectivity index (χ2n) is 4.56. The van der Waals surface area contributed by atoms with Gasteiger partial charge in [-0.3, -0.25) is 0 Å². The van der Waals surface area contributed by atoms with Crippen molar-refractivity contribution in [3.63, 3.8) is 0 Å². The first kappa shape index (κ1) is 16.8. The van der Waals surface area contributed by atoms with E-state index in [4.69, 9.17) is 9.47 Å². The lowest BCUT2D eigenvalue weighted by atomic mass is 10.2. The van der Waals surface area contributed by atoms with Crippen LogP contribution in [0.4, 0.5) is 0 Å². The number of benzene rings is 1. The van der Waals surface area contributed by atoms with Crippen LogP contribution in [0.2, 0.25) is 0 Å². The van der Waals surface area contributed by atoms with Gasteiger partial charge in [0, 0.05) is 18.4 Å². The number of hydrogen-bond acceptors (Lipinski definition) is 5. The summed E-state index contributed by atoms with van der Waals surface area (Å²) in [6, 6.07) is 5.72. The van der Waals surface area contributed by atoms with Crippen molar-refractivity contribution in [1.82, 2.24) is 5.32 Å². The van der Waals surface area contributed by atoms with Crippen molar-refractivity contribution in [3.05, 3.63) is 23.8 Å². The fourth-order valence-corrected chi connectivity index (χ4v) is 2.42. The molecule has 0 aliphatic rings. The third-order valence-corrected chi connectivity index (χ3v) is 3.78. The molecule has 6 heteroatoms. The molecule has 0 amide bonds. The van der Waals surface area contributed by atoms with Gasteiger partial charge in [0.05, 0.1) is 19.5 Å². The zero-order valence-corrected chi connectivity index (χ0v) is 13.1. The maximum atomic E-state index is 11.1. The van der Waals surface area contributed by atoms with Crippen LogP contribution in [-0.4, -0.2) is 40.7 Å². The summed E-state index contributed by atoms with van der Waals surface area (Å²) < 4.78 is 33.2. The molecule has 0 saturated heterocycles. The van der Waals surface area contributed by atoms with E-state index in [1.807, 2.05) is 25.1 Å². The van der Waals surface area contributed by atoms with E-state index in [1.165, 1.54) is 6.26 Å². The number of methoxy groups -OCH3 is 1. The summed E-state index contributed by atoms with van der Waals surface area (Å²) in [5.74, 6) is 1.48. The first-order chi connectivity index (χ1) is 9.48. The Morgan fingerprint density at radius 1 is 1.30 bits per heavy atom. The molecule has 0 heterocycles. The van der Waals surface area contributed by atoms with Gasteiger partial charge in [0.15, 0.2) is 11.5 Å². The number of rotatable bonds is 9. The molecule has 1 aromatic carbocycles. The van der Waals surface area contributed by atoms with Crippen molar-refractivity contribution in [2.24, 2.45) is 0 Å². The monoisotopic (exact) mass is 301 g/mol. The normalized spacial score (nSPS) is 11.3. The molecule has 0 bridgehead atoms. The van der Waals surface area contributed by atoms with Crippen LogP contribution in [-0.2, 0) is 16.4 Å². The Balaban J connectivity index is 2.70. The van der Waals surface area contributed by atoms with E-state index < -0.39 is 9.84 Å². The highest BCUT2D eigenvalue weighted by Crippen LogP contribution is 2.31. The van der Waals surface area contributed by atoms with Crippen LogP contribution >= 0.6 is 0 Å². The van der Waals surface area contributed by atoms with Crippen molar-refractivity contribution >= 4 is 9.84 Å². The number of nitrogens with one attached hydrogen (secondary N) is 1. The van der Waals surface area contributed by atoms with Gasteiger partial charge in [-0.15, -0.1) is 0 Å². The Morgan fingerprint density at radius 3 is 2.65 bits per heavy atom. The number of ether oxygens (including phenoxy) is 2. The minimum Gasteiger partial charge on any atom is -0.493 e. The predicted molar refractivity (Wildman–Crippen MR) is 80.2 cm³/mol. The molecular weight excluding hydrogens is 278 g/mol. The third kappa shape index (κ3) is 5.79. The van der Waals surface area contributed by atoms with Crippen LogP contribution in [0, 0.1) is 0 Å². The maximum absolute atomic E-state index is 11.1. The first-order valence-corrected chi connectivity index (χ1v) is 8.71. The van der Waals surface area contributed by atoms with Gasteiger partial charge in [0.1, 0.15) is 9.84 Å². The number of sulfone groups is 1. The van der Waals surface area contributed by atoms with Gasteiger partial charge >= 0.3 is 0 Å². The summed E-state index contributed by atoms with van der Waals surface area (Å²) in [5.41, 5.74) is 1.01. The molecule has 0 fully saturated rings. The highest BCUT2D eigenvalue weighted by molar-refractivity contribution is 7.90. The second kappa shape index (κ2) is 8.11. The lowest BCUT2D eigenvalue weighted by molar-refractivity contribution is 0.291. The molecule has 0 aliphatic carbocycles. The van der Waals surface area contributed by atoms with E-state index in [1.54, 1.807) is 7.11 Å². The number of hydrogen-bond donors (Lipinski definition) is 1. The predicted octanol–water partition coefficient (Wildman–Crippen LogP) is 1.62.